The average Bonchev–Trinajstić information content (AvgIpc) is 3.82. The molecule has 0 spiro atoms. The Morgan fingerprint density at radius 1 is 0.909 bits per heavy atom. The predicted molar refractivity (Wildman–Crippen MR) is 212 cm³/mol. The topological polar surface area (TPSA) is 170 Å². The summed E-state index contributed by atoms with van der Waals surface area (Å²) in [6, 6.07) is 6.91. The largest absolute Gasteiger partial charge is 0.458 e. The smallest absolute Gasteiger partial charge is 0.329 e. The molecule has 1 aliphatic carbocycles. The van der Waals surface area contributed by atoms with Crippen LogP contribution in [0.5, 0.6) is 0 Å². The molecule has 4 N–H and O–H groups in total. The van der Waals surface area contributed by atoms with Gasteiger partial charge in [0.25, 0.3) is 0 Å². The first-order valence-electron chi connectivity index (χ1n) is 20.0. The van der Waals surface area contributed by atoms with Gasteiger partial charge in [-0.2, -0.15) is 0 Å². The molecule has 2 fully saturated rings. The molecule has 7 unspecified atom stereocenters. The van der Waals surface area contributed by atoms with E-state index in [9.17, 15) is 24.0 Å². The summed E-state index contributed by atoms with van der Waals surface area (Å²) in [5.74, 6) is -2.54. The van der Waals surface area contributed by atoms with E-state index in [1.54, 1.807) is 65.5 Å². The molecule has 1 aromatic carbocycles. The second kappa shape index (κ2) is 20.0. The Morgan fingerprint density at radius 3 is 2.05 bits per heavy atom. The molecule has 4 amide bonds. The Balaban J connectivity index is 1.81. The van der Waals surface area contributed by atoms with Gasteiger partial charge in [0, 0.05) is 34.2 Å². The molecule has 1 saturated carbocycles. The van der Waals surface area contributed by atoms with E-state index in [2.05, 4.69) is 10.6 Å². The Hall–Kier alpha value is -3.55. The van der Waals surface area contributed by atoms with E-state index in [-0.39, 0.29) is 42.4 Å². The number of hydrogen-bond donors (Lipinski definition) is 3. The number of likely N-dealkylation sites (tertiary alicyclic amines) is 1. The molecule has 13 nitrogen and oxygen atoms in total. The summed E-state index contributed by atoms with van der Waals surface area (Å²) in [5.41, 5.74) is 5.03. The van der Waals surface area contributed by atoms with Crippen molar-refractivity contribution in [3.63, 3.8) is 0 Å². The highest BCUT2D eigenvalue weighted by molar-refractivity contribution is 5.92. The molecule has 1 aliphatic heterocycles. The van der Waals surface area contributed by atoms with Crippen molar-refractivity contribution in [2.75, 3.05) is 27.8 Å². The van der Waals surface area contributed by atoms with Gasteiger partial charge in [0.2, 0.25) is 23.6 Å². The standard InChI is InChI=1S/C42H69N5O8/c1-26(2)34(45-40(52)42(7,8)43)38(50)46(9)35(29-20-15-16-21-29)32(53-10)25-33(48)47-23-17-22-31(47)36(54-11)27(3)37(49)44-30(39(51)55-41(4,5)6)24-28-18-13-12-14-19-28/h12-14,18-19,26-27,29-32,34-36H,15-17,20-25,43H2,1-11H3,(H,44,49)(H,45,52). The van der Waals surface area contributed by atoms with Crippen LogP contribution >= 0.6 is 0 Å². The number of esters is 1. The molecule has 13 heteroatoms. The maximum atomic E-state index is 14.3. The summed E-state index contributed by atoms with van der Waals surface area (Å²) in [7, 11) is 4.84. The number of methoxy groups -OCH3 is 2. The molecule has 0 aromatic heterocycles. The van der Waals surface area contributed by atoms with E-state index in [0.717, 1.165) is 37.7 Å². The maximum absolute atomic E-state index is 14.3. The highest BCUT2D eigenvalue weighted by atomic mass is 16.6. The van der Waals surface area contributed by atoms with Gasteiger partial charge in [-0.3, -0.25) is 19.2 Å². The van der Waals surface area contributed by atoms with Gasteiger partial charge in [0.05, 0.1) is 42.2 Å². The number of ether oxygens (including phenoxy) is 3. The van der Waals surface area contributed by atoms with Crippen molar-refractivity contribution in [3.8, 4) is 0 Å². The lowest BCUT2D eigenvalue weighted by Gasteiger charge is -2.41. The zero-order chi connectivity index (χ0) is 41.2. The number of nitrogens with one attached hydrogen (secondary N) is 2. The zero-order valence-electron chi connectivity index (χ0n) is 35.2. The summed E-state index contributed by atoms with van der Waals surface area (Å²) < 4.78 is 17.7. The molecule has 0 radical (unpaired) electrons. The monoisotopic (exact) mass is 772 g/mol. The number of carbonyl (C=O) groups is 5. The Morgan fingerprint density at radius 2 is 1.53 bits per heavy atom. The van der Waals surface area contributed by atoms with Crippen molar-refractivity contribution in [3.05, 3.63) is 35.9 Å². The number of nitrogens with zero attached hydrogens (tertiary/aromatic N) is 2. The van der Waals surface area contributed by atoms with E-state index in [1.165, 1.54) is 7.11 Å². The normalized spacial score (nSPS) is 19.9. The lowest BCUT2D eigenvalue weighted by atomic mass is 9.88. The minimum atomic E-state index is -1.16. The van der Waals surface area contributed by atoms with Gasteiger partial charge in [0.15, 0.2) is 0 Å². The van der Waals surface area contributed by atoms with Crippen LogP contribution in [0.15, 0.2) is 30.3 Å². The first kappa shape index (κ1) is 45.8. The third kappa shape index (κ3) is 12.7. The van der Waals surface area contributed by atoms with Gasteiger partial charge in [-0.05, 0) is 77.7 Å². The lowest BCUT2D eigenvalue weighted by molar-refractivity contribution is -0.159. The third-order valence-electron chi connectivity index (χ3n) is 11.0. The molecule has 2 aliphatic rings. The van der Waals surface area contributed by atoms with Crippen LogP contribution in [0.25, 0.3) is 0 Å². The molecule has 1 heterocycles. The molecule has 1 saturated heterocycles. The number of hydrogen-bond acceptors (Lipinski definition) is 9. The number of amides is 4. The number of benzene rings is 1. The van der Waals surface area contributed by atoms with Crippen molar-refractivity contribution < 1.29 is 38.2 Å². The predicted octanol–water partition coefficient (Wildman–Crippen LogP) is 4.00. The highest BCUT2D eigenvalue weighted by Gasteiger charge is 2.44. The van der Waals surface area contributed by atoms with Crippen LogP contribution in [0, 0.1) is 17.8 Å². The van der Waals surface area contributed by atoms with Gasteiger partial charge < -0.3 is 40.4 Å². The van der Waals surface area contributed by atoms with Crippen LogP contribution in [-0.4, -0.2) is 115 Å². The van der Waals surface area contributed by atoms with E-state index in [0.29, 0.717) is 13.0 Å². The van der Waals surface area contributed by atoms with Crippen LogP contribution in [0.1, 0.15) is 106 Å². The maximum Gasteiger partial charge on any atom is 0.329 e. The first-order valence-corrected chi connectivity index (χ1v) is 20.0. The van der Waals surface area contributed by atoms with Crippen LogP contribution in [0.2, 0.25) is 0 Å². The minimum Gasteiger partial charge on any atom is -0.458 e. The van der Waals surface area contributed by atoms with Crippen LogP contribution in [0.3, 0.4) is 0 Å². The molecule has 310 valence electrons. The highest BCUT2D eigenvalue weighted by Crippen LogP contribution is 2.35. The molecule has 0 bridgehead atoms. The van der Waals surface area contributed by atoms with Crippen molar-refractivity contribution >= 4 is 29.6 Å². The van der Waals surface area contributed by atoms with E-state index in [1.807, 2.05) is 44.2 Å². The van der Waals surface area contributed by atoms with Gasteiger partial charge in [-0.25, -0.2) is 4.79 Å². The molecule has 55 heavy (non-hydrogen) atoms. The SMILES string of the molecule is COC(CC(=O)N1CCCC1C(OC)C(C)C(=O)NC(Cc1ccccc1)C(=O)OC(C)(C)C)C(C1CCCC1)N(C)C(=O)C(NC(=O)C(C)(C)N)C(C)C. The summed E-state index contributed by atoms with van der Waals surface area (Å²) in [6.07, 6.45) is 4.20. The second-order valence-electron chi connectivity index (χ2n) is 17.4. The second-order valence-corrected chi connectivity index (χ2v) is 17.4. The fourth-order valence-corrected chi connectivity index (χ4v) is 8.01. The van der Waals surface area contributed by atoms with Gasteiger partial charge >= 0.3 is 5.97 Å². The Kier molecular flexibility index (Phi) is 16.7. The molecule has 1 aromatic rings. The minimum absolute atomic E-state index is 0.0229. The van der Waals surface area contributed by atoms with Gasteiger partial charge in [-0.1, -0.05) is 63.9 Å². The van der Waals surface area contributed by atoms with E-state index < -0.39 is 65.3 Å². The summed E-state index contributed by atoms with van der Waals surface area (Å²) in [5, 5.41) is 5.80. The Bertz CT molecular complexity index is 1440. The van der Waals surface area contributed by atoms with Crippen molar-refractivity contribution in [1.82, 2.24) is 20.4 Å². The van der Waals surface area contributed by atoms with Crippen molar-refractivity contribution in [2.45, 2.75) is 154 Å². The molecule has 3 rings (SSSR count). The summed E-state index contributed by atoms with van der Waals surface area (Å²) in [6.45, 7) is 14.6. The fraction of sp³-hybridized carbons (Fsp3) is 0.738. The van der Waals surface area contributed by atoms with Crippen molar-refractivity contribution in [2.24, 2.45) is 23.5 Å². The number of rotatable bonds is 18. The Labute approximate surface area is 329 Å². The summed E-state index contributed by atoms with van der Waals surface area (Å²) in [4.78, 5) is 72.0. The van der Waals surface area contributed by atoms with Gasteiger partial charge in [0.1, 0.15) is 17.7 Å². The quantitative estimate of drug-likeness (QED) is 0.187. The number of nitrogens with two attached hydrogens (primary N) is 1. The molecular formula is C42H69N5O8. The average molecular weight is 772 g/mol. The van der Waals surface area contributed by atoms with E-state index in [4.69, 9.17) is 19.9 Å². The van der Waals surface area contributed by atoms with Gasteiger partial charge in [-0.15, -0.1) is 0 Å². The van der Waals surface area contributed by atoms with Crippen LogP contribution in [-0.2, 0) is 44.6 Å². The summed E-state index contributed by atoms with van der Waals surface area (Å²) >= 11 is 0. The molecular weight excluding hydrogens is 702 g/mol. The van der Waals surface area contributed by atoms with Crippen molar-refractivity contribution in [1.29, 1.82) is 0 Å². The first-order chi connectivity index (χ1) is 25.7. The molecule has 7 atom stereocenters. The fourth-order valence-electron chi connectivity index (χ4n) is 8.01. The zero-order valence-corrected chi connectivity index (χ0v) is 35.2. The van der Waals surface area contributed by atoms with Crippen LogP contribution < -0.4 is 16.4 Å². The third-order valence-corrected chi connectivity index (χ3v) is 11.0. The lowest BCUT2D eigenvalue weighted by Crippen LogP contribution is -2.60. The number of carbonyl (C=O) groups excluding carboxylic acids is 5. The van der Waals surface area contributed by atoms with Crippen LogP contribution in [0.4, 0.5) is 0 Å². The van der Waals surface area contributed by atoms with E-state index >= 15 is 0 Å². The number of likely N-dealkylation sites (N-methyl/N-ethyl adjacent to an activating group) is 1.